The topological polar surface area (TPSA) is 43.8 Å². The molecule has 1 aliphatic heterocycles. The van der Waals surface area contributed by atoms with E-state index in [2.05, 4.69) is 21.9 Å². The molecule has 4 nitrogen and oxygen atoms in total. The van der Waals surface area contributed by atoms with E-state index < -0.39 is 0 Å². The molecule has 23 heavy (non-hydrogen) atoms. The number of phenols is 1. The van der Waals surface area contributed by atoms with Crippen LogP contribution in [0.1, 0.15) is 10.4 Å². The zero-order valence-corrected chi connectivity index (χ0v) is 12.9. The molecular weight excluding hydrogens is 288 g/mol. The highest BCUT2D eigenvalue weighted by Crippen LogP contribution is 2.18. The van der Waals surface area contributed by atoms with Gasteiger partial charge in [-0.1, -0.05) is 30.3 Å². The summed E-state index contributed by atoms with van der Waals surface area (Å²) < 4.78 is 0. The highest BCUT2D eigenvalue weighted by atomic mass is 16.3. The van der Waals surface area contributed by atoms with Crippen molar-refractivity contribution in [2.24, 2.45) is 0 Å². The van der Waals surface area contributed by atoms with E-state index in [1.165, 1.54) is 17.8 Å². The first-order valence-corrected chi connectivity index (χ1v) is 7.78. The normalized spacial score (nSPS) is 15.1. The fraction of sp³-hybridized carbons (Fsp3) is 0.211. The second kappa shape index (κ2) is 7.01. The highest BCUT2D eigenvalue weighted by molar-refractivity contribution is 6.06. The summed E-state index contributed by atoms with van der Waals surface area (Å²) in [5.74, 6) is -0.148. The largest absolute Gasteiger partial charge is 0.507 e. The van der Waals surface area contributed by atoms with Crippen LogP contribution >= 0.6 is 0 Å². The Labute approximate surface area is 136 Å². The maximum absolute atomic E-state index is 12.1. The summed E-state index contributed by atoms with van der Waals surface area (Å²) in [6, 6.07) is 17.0. The van der Waals surface area contributed by atoms with Crippen molar-refractivity contribution in [2.45, 2.75) is 0 Å². The summed E-state index contributed by atoms with van der Waals surface area (Å²) in [4.78, 5) is 16.6. The summed E-state index contributed by atoms with van der Waals surface area (Å²) in [7, 11) is 0. The van der Waals surface area contributed by atoms with Gasteiger partial charge in [0.2, 0.25) is 0 Å². The molecule has 0 radical (unpaired) electrons. The minimum atomic E-state index is -0.173. The summed E-state index contributed by atoms with van der Waals surface area (Å²) in [6.07, 6.45) is 3.37. The number of carbonyl (C=O) groups excluding carboxylic acids is 1. The highest BCUT2D eigenvalue weighted by Gasteiger charge is 2.15. The Morgan fingerprint density at radius 3 is 2.26 bits per heavy atom. The van der Waals surface area contributed by atoms with Gasteiger partial charge in [0.15, 0.2) is 5.78 Å². The lowest BCUT2D eigenvalue weighted by Gasteiger charge is -2.35. The average molecular weight is 308 g/mol. The molecule has 0 bridgehead atoms. The Morgan fingerprint density at radius 2 is 1.57 bits per heavy atom. The third kappa shape index (κ3) is 3.72. The Bertz CT molecular complexity index is 690. The van der Waals surface area contributed by atoms with Gasteiger partial charge in [0.25, 0.3) is 0 Å². The van der Waals surface area contributed by atoms with E-state index in [1.807, 2.05) is 24.4 Å². The molecule has 1 heterocycles. The summed E-state index contributed by atoms with van der Waals surface area (Å²) in [6.45, 7) is 3.61. The minimum Gasteiger partial charge on any atom is -0.507 e. The molecule has 0 saturated carbocycles. The van der Waals surface area contributed by atoms with E-state index in [-0.39, 0.29) is 11.5 Å². The lowest BCUT2D eigenvalue weighted by atomic mass is 10.1. The molecule has 2 aromatic carbocycles. The maximum atomic E-state index is 12.1. The zero-order chi connectivity index (χ0) is 16.1. The van der Waals surface area contributed by atoms with Gasteiger partial charge in [0.05, 0.1) is 5.56 Å². The number of phenolic OH excluding ortho intramolecular Hbond substituents is 1. The van der Waals surface area contributed by atoms with Crippen LogP contribution in [0.4, 0.5) is 5.69 Å². The van der Waals surface area contributed by atoms with Crippen LogP contribution in [0.25, 0.3) is 0 Å². The fourth-order valence-electron chi connectivity index (χ4n) is 2.71. The molecule has 0 spiro atoms. The van der Waals surface area contributed by atoms with Gasteiger partial charge in [-0.25, -0.2) is 0 Å². The van der Waals surface area contributed by atoms with Gasteiger partial charge in [-0.05, 0) is 24.3 Å². The number of allylic oxidation sites excluding steroid dienone is 1. The van der Waals surface area contributed by atoms with E-state index in [4.69, 9.17) is 0 Å². The standard InChI is InChI=1S/C19H20N2O2/c22-18-9-5-4-8-17(18)19(23)10-11-20-12-14-21(15-13-20)16-6-2-1-3-7-16/h1-11,22H,12-15H2/b11-10+. The van der Waals surface area contributed by atoms with Gasteiger partial charge in [0, 0.05) is 44.1 Å². The molecule has 1 fully saturated rings. The van der Waals surface area contributed by atoms with Crippen molar-refractivity contribution in [2.75, 3.05) is 31.1 Å². The van der Waals surface area contributed by atoms with E-state index in [0.29, 0.717) is 5.56 Å². The van der Waals surface area contributed by atoms with Crippen LogP contribution in [0.3, 0.4) is 0 Å². The number of hydrogen-bond donors (Lipinski definition) is 1. The molecule has 118 valence electrons. The van der Waals surface area contributed by atoms with Crippen LogP contribution in [0.15, 0.2) is 66.9 Å². The SMILES string of the molecule is O=C(/C=C/N1CCN(c2ccccc2)CC1)c1ccccc1O. The van der Waals surface area contributed by atoms with Crippen LogP contribution in [0, 0.1) is 0 Å². The molecule has 0 aromatic heterocycles. The van der Waals surface area contributed by atoms with Gasteiger partial charge in [0.1, 0.15) is 5.75 Å². The fourth-order valence-corrected chi connectivity index (χ4v) is 2.71. The van der Waals surface area contributed by atoms with Gasteiger partial charge < -0.3 is 14.9 Å². The van der Waals surface area contributed by atoms with Gasteiger partial charge in [-0.15, -0.1) is 0 Å². The first kappa shape index (κ1) is 15.2. The number of nitrogens with zero attached hydrogens (tertiary/aromatic N) is 2. The number of anilines is 1. The lowest BCUT2D eigenvalue weighted by Crippen LogP contribution is -2.44. The number of aromatic hydroxyl groups is 1. The van der Waals surface area contributed by atoms with Crippen LogP contribution in [0.2, 0.25) is 0 Å². The van der Waals surface area contributed by atoms with Crippen LogP contribution in [0.5, 0.6) is 5.75 Å². The quantitative estimate of drug-likeness (QED) is 0.697. The molecule has 1 aliphatic rings. The number of carbonyl (C=O) groups is 1. The predicted molar refractivity (Wildman–Crippen MR) is 91.8 cm³/mol. The Kier molecular flexibility index (Phi) is 4.62. The zero-order valence-electron chi connectivity index (χ0n) is 12.9. The van der Waals surface area contributed by atoms with E-state index in [0.717, 1.165) is 26.2 Å². The Hall–Kier alpha value is -2.75. The third-order valence-electron chi connectivity index (χ3n) is 4.04. The second-order valence-electron chi connectivity index (χ2n) is 5.56. The van der Waals surface area contributed by atoms with Crippen molar-refractivity contribution in [3.05, 3.63) is 72.4 Å². The molecule has 1 N–H and O–H groups in total. The monoisotopic (exact) mass is 308 g/mol. The molecule has 0 aliphatic carbocycles. The smallest absolute Gasteiger partial charge is 0.190 e. The molecule has 3 rings (SSSR count). The van der Waals surface area contributed by atoms with Crippen molar-refractivity contribution < 1.29 is 9.90 Å². The summed E-state index contributed by atoms with van der Waals surface area (Å²) >= 11 is 0. The Balaban J connectivity index is 1.56. The number of piperazine rings is 1. The van der Waals surface area contributed by atoms with Crippen LogP contribution in [-0.2, 0) is 0 Å². The number of rotatable bonds is 4. The number of benzene rings is 2. The molecule has 0 atom stereocenters. The van der Waals surface area contributed by atoms with Crippen molar-refractivity contribution in [3.8, 4) is 5.75 Å². The molecule has 4 heteroatoms. The van der Waals surface area contributed by atoms with E-state index >= 15 is 0 Å². The molecular formula is C19H20N2O2. The number of para-hydroxylation sites is 2. The van der Waals surface area contributed by atoms with Gasteiger partial charge in [-0.2, -0.15) is 0 Å². The molecule has 0 amide bonds. The first-order valence-electron chi connectivity index (χ1n) is 7.78. The molecule has 0 unspecified atom stereocenters. The molecule has 1 saturated heterocycles. The Morgan fingerprint density at radius 1 is 0.913 bits per heavy atom. The van der Waals surface area contributed by atoms with E-state index in [1.54, 1.807) is 18.2 Å². The maximum Gasteiger partial charge on any atom is 0.190 e. The summed E-state index contributed by atoms with van der Waals surface area (Å²) in [5.41, 5.74) is 1.58. The van der Waals surface area contributed by atoms with Crippen LogP contribution in [-0.4, -0.2) is 42.0 Å². The number of hydrogen-bond acceptors (Lipinski definition) is 4. The van der Waals surface area contributed by atoms with Crippen molar-refractivity contribution in [3.63, 3.8) is 0 Å². The third-order valence-corrected chi connectivity index (χ3v) is 4.04. The minimum absolute atomic E-state index is 0.0241. The average Bonchev–Trinajstić information content (AvgIpc) is 2.61. The van der Waals surface area contributed by atoms with E-state index in [9.17, 15) is 9.90 Å². The first-order chi connectivity index (χ1) is 11.2. The van der Waals surface area contributed by atoms with Crippen molar-refractivity contribution >= 4 is 11.5 Å². The van der Waals surface area contributed by atoms with Crippen molar-refractivity contribution in [1.29, 1.82) is 0 Å². The molecule has 2 aromatic rings. The summed E-state index contributed by atoms with van der Waals surface area (Å²) in [5, 5.41) is 9.70. The van der Waals surface area contributed by atoms with Gasteiger partial charge in [-0.3, -0.25) is 4.79 Å². The van der Waals surface area contributed by atoms with Crippen molar-refractivity contribution in [1.82, 2.24) is 4.90 Å². The number of ketones is 1. The second-order valence-corrected chi connectivity index (χ2v) is 5.56. The predicted octanol–water partition coefficient (Wildman–Crippen LogP) is 2.91. The van der Waals surface area contributed by atoms with Crippen LogP contribution < -0.4 is 4.90 Å². The lowest BCUT2D eigenvalue weighted by molar-refractivity contribution is 0.104. The van der Waals surface area contributed by atoms with Gasteiger partial charge >= 0.3 is 0 Å².